The second-order valence-electron chi connectivity index (χ2n) is 3.96. The molecule has 0 saturated carbocycles. The predicted octanol–water partition coefficient (Wildman–Crippen LogP) is 3.32. The monoisotopic (exact) mass is 227 g/mol. The molecule has 0 amide bonds. The Morgan fingerprint density at radius 3 is 2.71 bits per heavy atom. The van der Waals surface area contributed by atoms with Crippen LogP contribution in [0.5, 0.6) is 0 Å². The first-order valence-electron chi connectivity index (χ1n) is 5.90. The van der Waals surface area contributed by atoms with Crippen molar-refractivity contribution in [1.82, 2.24) is 10.2 Å². The van der Waals surface area contributed by atoms with Crippen molar-refractivity contribution in [2.24, 2.45) is 0 Å². The van der Waals surface area contributed by atoms with Crippen molar-refractivity contribution < 1.29 is 0 Å². The molecule has 0 unspecified atom stereocenters. The van der Waals surface area contributed by atoms with Gasteiger partial charge in [0.05, 0.1) is 5.69 Å². The Morgan fingerprint density at radius 1 is 1.18 bits per heavy atom. The zero-order valence-corrected chi connectivity index (χ0v) is 10.3. The number of hydrogen-bond donors (Lipinski definition) is 1. The van der Waals surface area contributed by atoms with Crippen LogP contribution in [0.3, 0.4) is 0 Å². The molecule has 1 aromatic carbocycles. The van der Waals surface area contributed by atoms with Crippen LogP contribution in [-0.2, 0) is 0 Å². The molecule has 0 aliphatic rings. The molecule has 0 spiro atoms. The zero-order valence-electron chi connectivity index (χ0n) is 10.3. The standard InChI is InChI=1S/C14H17N3/c1-3-4-7-10-15-14-13-9-6-5-8-12(13)11(2)16-17-14/h3-6,8-9H,7,10H2,1-2H3,(H,15,17)/b4-3+. The van der Waals surface area contributed by atoms with Crippen LogP contribution in [0.1, 0.15) is 19.0 Å². The molecule has 17 heavy (non-hydrogen) atoms. The largest absolute Gasteiger partial charge is 0.368 e. The number of benzene rings is 1. The van der Waals surface area contributed by atoms with Gasteiger partial charge in [0.2, 0.25) is 0 Å². The van der Waals surface area contributed by atoms with Gasteiger partial charge in [0.25, 0.3) is 0 Å². The molecule has 0 bridgehead atoms. The third-order valence-corrected chi connectivity index (χ3v) is 2.71. The average molecular weight is 227 g/mol. The number of aromatic nitrogens is 2. The van der Waals surface area contributed by atoms with E-state index in [0.717, 1.165) is 35.2 Å². The minimum absolute atomic E-state index is 0.871. The van der Waals surface area contributed by atoms with E-state index in [0.29, 0.717) is 0 Å². The fourth-order valence-corrected chi connectivity index (χ4v) is 1.81. The second-order valence-corrected chi connectivity index (χ2v) is 3.96. The van der Waals surface area contributed by atoms with Gasteiger partial charge in [-0.1, -0.05) is 36.4 Å². The van der Waals surface area contributed by atoms with Crippen LogP contribution in [0, 0.1) is 6.92 Å². The Hall–Kier alpha value is -1.90. The highest BCUT2D eigenvalue weighted by atomic mass is 15.2. The number of nitrogens with one attached hydrogen (secondary N) is 1. The van der Waals surface area contributed by atoms with Crippen molar-refractivity contribution in [1.29, 1.82) is 0 Å². The Balaban J connectivity index is 2.25. The van der Waals surface area contributed by atoms with Gasteiger partial charge in [-0.15, -0.1) is 5.10 Å². The Kier molecular flexibility index (Phi) is 3.70. The van der Waals surface area contributed by atoms with E-state index in [1.807, 2.05) is 26.0 Å². The summed E-state index contributed by atoms with van der Waals surface area (Å²) in [5, 5.41) is 14.0. The van der Waals surface area contributed by atoms with Crippen molar-refractivity contribution in [2.45, 2.75) is 20.3 Å². The van der Waals surface area contributed by atoms with Crippen molar-refractivity contribution in [3.8, 4) is 0 Å². The van der Waals surface area contributed by atoms with Crippen molar-refractivity contribution >= 4 is 16.6 Å². The first-order valence-corrected chi connectivity index (χ1v) is 5.90. The maximum absolute atomic E-state index is 4.22. The van der Waals surface area contributed by atoms with E-state index < -0.39 is 0 Å². The zero-order chi connectivity index (χ0) is 12.1. The number of rotatable bonds is 4. The molecule has 3 nitrogen and oxygen atoms in total. The van der Waals surface area contributed by atoms with Gasteiger partial charge in [0.15, 0.2) is 5.82 Å². The lowest BCUT2D eigenvalue weighted by Gasteiger charge is -2.08. The van der Waals surface area contributed by atoms with Gasteiger partial charge in [-0.3, -0.25) is 0 Å². The molecule has 88 valence electrons. The molecule has 0 atom stereocenters. The summed E-state index contributed by atoms with van der Waals surface area (Å²) in [6.45, 7) is 4.89. The maximum Gasteiger partial charge on any atom is 0.156 e. The third-order valence-electron chi connectivity index (χ3n) is 2.71. The smallest absolute Gasteiger partial charge is 0.156 e. The highest BCUT2D eigenvalue weighted by Gasteiger charge is 2.04. The first-order chi connectivity index (χ1) is 8.33. The maximum atomic E-state index is 4.22. The Morgan fingerprint density at radius 2 is 1.94 bits per heavy atom. The highest BCUT2D eigenvalue weighted by Crippen LogP contribution is 2.21. The van der Waals surface area contributed by atoms with Crippen LogP contribution in [-0.4, -0.2) is 16.7 Å². The quantitative estimate of drug-likeness (QED) is 0.643. The Labute approximate surface area is 102 Å². The number of aryl methyl sites for hydroxylation is 1. The summed E-state index contributed by atoms with van der Waals surface area (Å²) in [5.41, 5.74) is 0.972. The van der Waals surface area contributed by atoms with Gasteiger partial charge in [0.1, 0.15) is 0 Å². The van der Waals surface area contributed by atoms with E-state index in [9.17, 15) is 0 Å². The van der Waals surface area contributed by atoms with E-state index >= 15 is 0 Å². The van der Waals surface area contributed by atoms with Gasteiger partial charge in [-0.05, 0) is 20.3 Å². The summed E-state index contributed by atoms with van der Waals surface area (Å²) in [7, 11) is 0. The topological polar surface area (TPSA) is 37.8 Å². The SMILES string of the molecule is C/C=C/CCNc1nnc(C)c2ccccc12. The molecular formula is C14H17N3. The summed E-state index contributed by atoms with van der Waals surface area (Å²) >= 11 is 0. The van der Waals surface area contributed by atoms with E-state index in [1.54, 1.807) is 0 Å². The minimum atomic E-state index is 0.871. The van der Waals surface area contributed by atoms with Crippen LogP contribution >= 0.6 is 0 Å². The Bertz CT molecular complexity index is 532. The van der Waals surface area contributed by atoms with E-state index in [4.69, 9.17) is 0 Å². The molecule has 3 heteroatoms. The molecule has 2 aromatic rings. The van der Waals surface area contributed by atoms with Gasteiger partial charge in [-0.2, -0.15) is 5.10 Å². The summed E-state index contributed by atoms with van der Waals surface area (Å²) in [5.74, 6) is 0.871. The summed E-state index contributed by atoms with van der Waals surface area (Å²) in [6, 6.07) is 8.21. The number of anilines is 1. The predicted molar refractivity (Wildman–Crippen MR) is 72.2 cm³/mol. The molecular weight excluding hydrogens is 210 g/mol. The first kappa shape index (κ1) is 11.6. The average Bonchev–Trinajstić information content (AvgIpc) is 2.37. The molecule has 0 fully saturated rings. The van der Waals surface area contributed by atoms with Crippen LogP contribution in [0.15, 0.2) is 36.4 Å². The van der Waals surface area contributed by atoms with Crippen LogP contribution in [0.4, 0.5) is 5.82 Å². The highest BCUT2D eigenvalue weighted by molar-refractivity contribution is 5.92. The molecule has 1 aromatic heterocycles. The molecule has 1 heterocycles. The third kappa shape index (κ3) is 2.61. The van der Waals surface area contributed by atoms with Crippen LogP contribution in [0.2, 0.25) is 0 Å². The van der Waals surface area contributed by atoms with Gasteiger partial charge in [0, 0.05) is 17.3 Å². The van der Waals surface area contributed by atoms with E-state index in [-0.39, 0.29) is 0 Å². The van der Waals surface area contributed by atoms with Gasteiger partial charge in [-0.25, -0.2) is 0 Å². The van der Waals surface area contributed by atoms with E-state index in [1.165, 1.54) is 0 Å². The number of allylic oxidation sites excluding steroid dienone is 1. The lowest BCUT2D eigenvalue weighted by molar-refractivity contribution is 0.972. The normalized spacial score (nSPS) is 11.2. The summed E-state index contributed by atoms with van der Waals surface area (Å²) in [6.07, 6.45) is 5.19. The van der Waals surface area contributed by atoms with Crippen LogP contribution < -0.4 is 5.32 Å². The number of nitrogens with zero attached hydrogens (tertiary/aromatic N) is 2. The molecule has 0 aliphatic carbocycles. The lowest BCUT2D eigenvalue weighted by Crippen LogP contribution is -2.04. The van der Waals surface area contributed by atoms with Crippen molar-refractivity contribution in [2.75, 3.05) is 11.9 Å². The fourth-order valence-electron chi connectivity index (χ4n) is 1.81. The molecule has 0 saturated heterocycles. The molecule has 1 N–H and O–H groups in total. The summed E-state index contributed by atoms with van der Waals surface area (Å²) < 4.78 is 0. The molecule has 0 aliphatic heterocycles. The van der Waals surface area contributed by atoms with E-state index in [2.05, 4.69) is 39.8 Å². The minimum Gasteiger partial charge on any atom is -0.368 e. The second kappa shape index (κ2) is 5.43. The number of fused-ring (bicyclic) bond motifs is 1. The summed E-state index contributed by atoms with van der Waals surface area (Å²) in [4.78, 5) is 0. The lowest BCUT2D eigenvalue weighted by atomic mass is 10.1. The molecule has 0 radical (unpaired) electrons. The van der Waals surface area contributed by atoms with Crippen LogP contribution in [0.25, 0.3) is 10.8 Å². The number of hydrogen-bond acceptors (Lipinski definition) is 3. The van der Waals surface area contributed by atoms with Crippen molar-refractivity contribution in [3.63, 3.8) is 0 Å². The van der Waals surface area contributed by atoms with Gasteiger partial charge >= 0.3 is 0 Å². The fraction of sp³-hybridized carbons (Fsp3) is 0.286. The van der Waals surface area contributed by atoms with Gasteiger partial charge < -0.3 is 5.32 Å². The molecule has 2 rings (SSSR count). The van der Waals surface area contributed by atoms with Crippen molar-refractivity contribution in [3.05, 3.63) is 42.1 Å².